The summed E-state index contributed by atoms with van der Waals surface area (Å²) in [5, 5.41) is 11.2. The highest BCUT2D eigenvalue weighted by atomic mass is 16.5. The maximum Gasteiger partial charge on any atom is 0.273 e. The third-order valence-electron chi connectivity index (χ3n) is 5.37. The minimum atomic E-state index is -0.178. The van der Waals surface area contributed by atoms with Gasteiger partial charge in [-0.25, -0.2) is 4.68 Å². The van der Waals surface area contributed by atoms with Gasteiger partial charge in [-0.15, -0.1) is 5.10 Å². The van der Waals surface area contributed by atoms with Crippen LogP contribution in [0.4, 0.5) is 0 Å². The first-order chi connectivity index (χ1) is 12.7. The summed E-state index contributed by atoms with van der Waals surface area (Å²) in [5.41, 5.74) is 7.52. The van der Waals surface area contributed by atoms with E-state index >= 15 is 0 Å². The van der Waals surface area contributed by atoms with Crippen LogP contribution in [-0.2, 0) is 6.42 Å². The van der Waals surface area contributed by atoms with E-state index in [0.717, 1.165) is 37.9 Å². The van der Waals surface area contributed by atoms with Crippen molar-refractivity contribution in [3.05, 3.63) is 41.7 Å². The van der Waals surface area contributed by atoms with Gasteiger partial charge < -0.3 is 15.8 Å². The molecule has 1 aromatic carbocycles. The number of nitrogens with one attached hydrogen (secondary N) is 1. The molecule has 0 bridgehead atoms. The molecular weight excluding hydrogens is 330 g/mol. The van der Waals surface area contributed by atoms with Crippen LogP contribution in [0.15, 0.2) is 30.5 Å². The van der Waals surface area contributed by atoms with Gasteiger partial charge in [-0.2, -0.15) is 0 Å². The largest absolute Gasteiger partial charge is 0.493 e. The number of amides is 1. The molecule has 3 N–H and O–H groups in total. The summed E-state index contributed by atoms with van der Waals surface area (Å²) in [4.78, 5) is 12.4. The molecule has 2 heterocycles. The second-order valence-corrected chi connectivity index (χ2v) is 7.35. The van der Waals surface area contributed by atoms with Crippen molar-refractivity contribution in [3.8, 4) is 5.75 Å². The number of aromatic nitrogens is 3. The van der Waals surface area contributed by atoms with E-state index in [2.05, 4.69) is 21.7 Å². The lowest BCUT2D eigenvalue weighted by molar-refractivity contribution is 0.0934. The van der Waals surface area contributed by atoms with Gasteiger partial charge in [0.15, 0.2) is 5.69 Å². The fraction of sp³-hybridized carbons (Fsp3) is 0.526. The lowest BCUT2D eigenvalue weighted by Crippen LogP contribution is -2.35. The Morgan fingerprint density at radius 3 is 2.92 bits per heavy atom. The summed E-state index contributed by atoms with van der Waals surface area (Å²) in [7, 11) is 0. The molecule has 26 heavy (non-hydrogen) atoms. The number of para-hydroxylation sites is 1. The number of benzene rings is 1. The van der Waals surface area contributed by atoms with Gasteiger partial charge >= 0.3 is 0 Å². The third kappa shape index (κ3) is 3.72. The fourth-order valence-electron chi connectivity index (χ4n) is 3.77. The van der Waals surface area contributed by atoms with Crippen molar-refractivity contribution < 1.29 is 9.53 Å². The summed E-state index contributed by atoms with van der Waals surface area (Å²) in [6.07, 6.45) is 6.63. The molecule has 2 aliphatic rings. The quantitative estimate of drug-likeness (QED) is 0.870. The number of hydrogen-bond donors (Lipinski definition) is 2. The molecule has 0 spiro atoms. The van der Waals surface area contributed by atoms with Crippen LogP contribution in [-0.4, -0.2) is 40.1 Å². The first kappa shape index (κ1) is 17.0. The molecule has 4 rings (SSSR count). The Balaban J connectivity index is 1.30. The molecule has 1 amide bonds. The number of hydrogen-bond acceptors (Lipinski definition) is 5. The predicted molar refractivity (Wildman–Crippen MR) is 97.0 cm³/mol. The summed E-state index contributed by atoms with van der Waals surface area (Å²) in [6, 6.07) is 8.64. The molecule has 1 fully saturated rings. The molecule has 1 aliphatic carbocycles. The summed E-state index contributed by atoms with van der Waals surface area (Å²) >= 11 is 0. The van der Waals surface area contributed by atoms with Crippen molar-refractivity contribution in [2.75, 3.05) is 13.2 Å². The molecule has 0 radical (unpaired) electrons. The SMILES string of the molecule is NC1CCC(n2cc(C(=O)NC[C@@H]3COc4ccccc4C3)nn2)CC1. The smallest absolute Gasteiger partial charge is 0.273 e. The Morgan fingerprint density at radius 1 is 1.27 bits per heavy atom. The molecule has 0 unspecified atom stereocenters. The number of fused-ring (bicyclic) bond motifs is 1. The van der Waals surface area contributed by atoms with Crippen LogP contribution in [0, 0.1) is 5.92 Å². The van der Waals surface area contributed by atoms with Gasteiger partial charge in [-0.3, -0.25) is 4.79 Å². The van der Waals surface area contributed by atoms with Crippen molar-refractivity contribution in [3.63, 3.8) is 0 Å². The minimum Gasteiger partial charge on any atom is -0.493 e. The van der Waals surface area contributed by atoms with Crippen LogP contribution >= 0.6 is 0 Å². The predicted octanol–water partition coefficient (Wildman–Crippen LogP) is 1.70. The van der Waals surface area contributed by atoms with Gasteiger partial charge in [0.05, 0.1) is 18.8 Å². The van der Waals surface area contributed by atoms with E-state index < -0.39 is 0 Å². The number of rotatable bonds is 4. The lowest BCUT2D eigenvalue weighted by Gasteiger charge is -2.25. The van der Waals surface area contributed by atoms with Gasteiger partial charge in [-0.1, -0.05) is 23.4 Å². The molecule has 2 aromatic rings. The maximum absolute atomic E-state index is 12.4. The molecule has 1 saturated carbocycles. The first-order valence-corrected chi connectivity index (χ1v) is 9.35. The Hall–Kier alpha value is -2.41. The van der Waals surface area contributed by atoms with Gasteiger partial charge in [0.2, 0.25) is 0 Å². The standard InChI is InChI=1S/C19H25N5O2/c20-15-5-7-16(8-6-15)24-11-17(22-23-24)19(25)21-10-13-9-14-3-1-2-4-18(14)26-12-13/h1-4,11,13,15-16H,5-10,12,20H2,(H,21,25)/t13-,15?,16?/m1/s1. The molecule has 0 saturated heterocycles. The second-order valence-electron chi connectivity index (χ2n) is 7.35. The van der Waals surface area contributed by atoms with Gasteiger partial charge in [0.25, 0.3) is 5.91 Å². The van der Waals surface area contributed by atoms with Crippen molar-refractivity contribution in [2.24, 2.45) is 11.7 Å². The zero-order valence-electron chi connectivity index (χ0n) is 14.8. The highest BCUT2D eigenvalue weighted by Gasteiger charge is 2.23. The van der Waals surface area contributed by atoms with Crippen molar-refractivity contribution in [2.45, 2.75) is 44.2 Å². The van der Waals surface area contributed by atoms with E-state index in [4.69, 9.17) is 10.5 Å². The molecule has 138 valence electrons. The zero-order valence-corrected chi connectivity index (χ0v) is 14.8. The van der Waals surface area contributed by atoms with Crippen molar-refractivity contribution >= 4 is 5.91 Å². The van der Waals surface area contributed by atoms with Gasteiger partial charge in [-0.05, 0) is 43.7 Å². The topological polar surface area (TPSA) is 95.1 Å². The van der Waals surface area contributed by atoms with E-state index in [1.54, 1.807) is 6.20 Å². The highest BCUT2D eigenvalue weighted by Crippen LogP contribution is 2.27. The maximum atomic E-state index is 12.4. The van der Waals surface area contributed by atoms with Gasteiger partial charge in [0, 0.05) is 18.5 Å². The molecular formula is C19H25N5O2. The Labute approximate surface area is 152 Å². The van der Waals surface area contributed by atoms with Crippen LogP contribution in [0.5, 0.6) is 5.75 Å². The Morgan fingerprint density at radius 2 is 2.08 bits per heavy atom. The van der Waals surface area contributed by atoms with Crippen LogP contribution in [0.3, 0.4) is 0 Å². The average Bonchev–Trinajstić information content (AvgIpc) is 3.17. The monoisotopic (exact) mass is 355 g/mol. The van der Waals surface area contributed by atoms with Crippen LogP contribution in [0.25, 0.3) is 0 Å². The minimum absolute atomic E-state index is 0.178. The molecule has 1 aromatic heterocycles. The Kier molecular flexibility index (Phi) is 4.88. The average molecular weight is 355 g/mol. The summed E-state index contributed by atoms with van der Waals surface area (Å²) < 4.78 is 7.59. The van der Waals surface area contributed by atoms with Crippen LogP contribution in [0.1, 0.15) is 47.8 Å². The van der Waals surface area contributed by atoms with Crippen LogP contribution in [0.2, 0.25) is 0 Å². The number of nitrogens with zero attached hydrogens (tertiary/aromatic N) is 3. The normalized spacial score (nSPS) is 25.2. The van der Waals surface area contributed by atoms with Crippen molar-refractivity contribution in [1.82, 2.24) is 20.3 Å². The summed E-state index contributed by atoms with van der Waals surface area (Å²) in [6.45, 7) is 1.19. The fourth-order valence-corrected chi connectivity index (χ4v) is 3.77. The number of ether oxygens (including phenoxy) is 1. The Bertz CT molecular complexity index is 767. The van der Waals surface area contributed by atoms with Gasteiger partial charge in [0.1, 0.15) is 5.75 Å². The summed E-state index contributed by atoms with van der Waals surface area (Å²) in [5.74, 6) is 1.04. The van der Waals surface area contributed by atoms with E-state index in [0.29, 0.717) is 30.9 Å². The molecule has 7 heteroatoms. The van der Waals surface area contributed by atoms with Crippen molar-refractivity contribution in [1.29, 1.82) is 0 Å². The molecule has 1 aliphatic heterocycles. The van der Waals surface area contributed by atoms with E-state index in [-0.39, 0.29) is 11.8 Å². The molecule has 7 nitrogen and oxygen atoms in total. The highest BCUT2D eigenvalue weighted by molar-refractivity contribution is 5.91. The molecule has 1 atom stereocenters. The van der Waals surface area contributed by atoms with E-state index in [1.807, 2.05) is 22.9 Å². The van der Waals surface area contributed by atoms with Crippen LogP contribution < -0.4 is 15.8 Å². The second kappa shape index (κ2) is 7.45. The number of nitrogens with two attached hydrogens (primary N) is 1. The zero-order chi connectivity index (χ0) is 17.9. The van der Waals surface area contributed by atoms with E-state index in [1.165, 1.54) is 5.56 Å². The number of carbonyl (C=O) groups is 1. The first-order valence-electron chi connectivity index (χ1n) is 9.35. The third-order valence-corrected chi connectivity index (χ3v) is 5.37. The van der Waals surface area contributed by atoms with E-state index in [9.17, 15) is 4.79 Å². The number of carbonyl (C=O) groups excluding carboxylic acids is 1. The lowest BCUT2D eigenvalue weighted by atomic mass is 9.92.